The highest BCUT2D eigenvalue weighted by Crippen LogP contribution is 2.32. The fourth-order valence-electron chi connectivity index (χ4n) is 1.31. The number of carboxylic acid groups (broad SMARTS) is 1. The van der Waals surface area contributed by atoms with Crippen molar-refractivity contribution < 1.29 is 19.6 Å². The van der Waals surface area contributed by atoms with Gasteiger partial charge in [0.25, 0.3) is 0 Å². The van der Waals surface area contributed by atoms with Gasteiger partial charge in [-0.3, -0.25) is 10.1 Å². The van der Waals surface area contributed by atoms with Crippen LogP contribution in [0.25, 0.3) is 0 Å². The number of nitro groups is 1. The number of ether oxygens (including phenoxy) is 1. The van der Waals surface area contributed by atoms with Crippen molar-refractivity contribution in [2.75, 3.05) is 0 Å². The Labute approximate surface area is 116 Å². The number of nitrogens with zero attached hydrogens (tertiary/aromatic N) is 3. The summed E-state index contributed by atoms with van der Waals surface area (Å²) in [5, 5.41) is 19.7. The number of carboxylic acids is 1. The molecular weight excluding hydrogens is 290 g/mol. The summed E-state index contributed by atoms with van der Waals surface area (Å²) in [5.41, 5.74) is -0.593. The summed E-state index contributed by atoms with van der Waals surface area (Å²) < 4.78 is 5.19. The molecule has 1 aromatic heterocycles. The molecule has 2 rings (SSSR count). The second-order valence-electron chi connectivity index (χ2n) is 3.52. The summed E-state index contributed by atoms with van der Waals surface area (Å²) in [6.07, 6.45) is 2.04. The molecule has 0 saturated carbocycles. The quantitative estimate of drug-likeness (QED) is 0.680. The molecule has 1 aromatic carbocycles. The van der Waals surface area contributed by atoms with E-state index in [2.05, 4.69) is 9.97 Å². The zero-order valence-electron chi connectivity index (χ0n) is 9.69. The fraction of sp³-hybridized carbons (Fsp3) is 0. The predicted molar refractivity (Wildman–Crippen MR) is 67.2 cm³/mol. The number of aromatic carboxylic acids is 1. The smallest absolute Gasteiger partial charge is 0.356 e. The van der Waals surface area contributed by atoms with Gasteiger partial charge in [-0.15, -0.1) is 0 Å². The Morgan fingerprint density at radius 3 is 2.65 bits per heavy atom. The first-order chi connectivity index (χ1) is 9.47. The topological polar surface area (TPSA) is 115 Å². The number of halogens is 1. The van der Waals surface area contributed by atoms with E-state index in [1.54, 1.807) is 0 Å². The first kappa shape index (κ1) is 13.7. The molecule has 0 saturated heterocycles. The Kier molecular flexibility index (Phi) is 3.76. The Balaban J connectivity index is 2.30. The summed E-state index contributed by atoms with van der Waals surface area (Å²) in [7, 11) is 0. The summed E-state index contributed by atoms with van der Waals surface area (Å²) in [6, 6.07) is 3.87. The van der Waals surface area contributed by atoms with E-state index in [-0.39, 0.29) is 28.0 Å². The van der Waals surface area contributed by atoms with Gasteiger partial charge < -0.3 is 9.84 Å². The second-order valence-corrected chi connectivity index (χ2v) is 3.95. The highest BCUT2D eigenvalue weighted by atomic mass is 35.5. The summed E-state index contributed by atoms with van der Waals surface area (Å²) in [6.45, 7) is 0. The number of benzene rings is 1. The van der Waals surface area contributed by atoms with Gasteiger partial charge in [-0.2, -0.15) is 0 Å². The van der Waals surface area contributed by atoms with Crippen LogP contribution in [0.4, 0.5) is 5.69 Å². The molecule has 0 fully saturated rings. The lowest BCUT2D eigenvalue weighted by Gasteiger charge is -2.05. The first-order valence-electron chi connectivity index (χ1n) is 5.14. The van der Waals surface area contributed by atoms with Crippen LogP contribution in [-0.2, 0) is 0 Å². The first-order valence-corrected chi connectivity index (χ1v) is 5.52. The Bertz CT molecular complexity index is 674. The van der Waals surface area contributed by atoms with Gasteiger partial charge in [0.15, 0.2) is 5.69 Å². The molecule has 0 spiro atoms. The van der Waals surface area contributed by atoms with Crippen LogP contribution in [0.5, 0.6) is 11.6 Å². The van der Waals surface area contributed by atoms with Crippen LogP contribution in [0.1, 0.15) is 10.5 Å². The maximum absolute atomic E-state index is 10.9. The van der Waals surface area contributed by atoms with E-state index in [1.807, 2.05) is 0 Å². The van der Waals surface area contributed by atoms with E-state index < -0.39 is 10.9 Å². The molecule has 8 nitrogen and oxygen atoms in total. The van der Waals surface area contributed by atoms with E-state index in [9.17, 15) is 14.9 Å². The van der Waals surface area contributed by atoms with Crippen molar-refractivity contribution in [1.82, 2.24) is 9.97 Å². The van der Waals surface area contributed by atoms with E-state index in [1.165, 1.54) is 12.1 Å². The third-order valence-electron chi connectivity index (χ3n) is 2.18. The van der Waals surface area contributed by atoms with Gasteiger partial charge in [0.2, 0.25) is 11.6 Å². The minimum absolute atomic E-state index is 0.0691. The van der Waals surface area contributed by atoms with Crippen molar-refractivity contribution in [3.63, 3.8) is 0 Å². The van der Waals surface area contributed by atoms with Crippen molar-refractivity contribution in [2.24, 2.45) is 0 Å². The SMILES string of the molecule is O=C(O)c1cnc(Oc2ccc(Cl)cc2[N+](=O)[O-])cn1. The maximum atomic E-state index is 10.9. The van der Waals surface area contributed by atoms with E-state index in [4.69, 9.17) is 21.4 Å². The lowest BCUT2D eigenvalue weighted by Crippen LogP contribution is -2.01. The molecule has 0 amide bonds. The van der Waals surface area contributed by atoms with Gasteiger partial charge in [0, 0.05) is 11.1 Å². The lowest BCUT2D eigenvalue weighted by molar-refractivity contribution is -0.385. The summed E-state index contributed by atoms with van der Waals surface area (Å²) >= 11 is 5.67. The van der Waals surface area contributed by atoms with Crippen LogP contribution in [0.2, 0.25) is 5.02 Å². The fourth-order valence-corrected chi connectivity index (χ4v) is 1.48. The number of hydrogen-bond acceptors (Lipinski definition) is 6. The average molecular weight is 296 g/mol. The molecule has 0 aliphatic carbocycles. The number of aromatic nitrogens is 2. The molecule has 2 aromatic rings. The zero-order chi connectivity index (χ0) is 14.7. The molecule has 102 valence electrons. The minimum Gasteiger partial charge on any atom is -0.476 e. The van der Waals surface area contributed by atoms with Crippen LogP contribution < -0.4 is 4.74 Å². The molecule has 20 heavy (non-hydrogen) atoms. The molecular formula is C11H6ClN3O5. The van der Waals surface area contributed by atoms with Crippen LogP contribution in [0, 0.1) is 10.1 Å². The molecule has 1 heterocycles. The lowest BCUT2D eigenvalue weighted by atomic mass is 10.3. The monoisotopic (exact) mass is 295 g/mol. The Hall–Kier alpha value is -2.74. The Morgan fingerprint density at radius 2 is 2.10 bits per heavy atom. The van der Waals surface area contributed by atoms with E-state index in [0.29, 0.717) is 0 Å². The minimum atomic E-state index is -1.23. The van der Waals surface area contributed by atoms with E-state index in [0.717, 1.165) is 18.5 Å². The van der Waals surface area contributed by atoms with Crippen LogP contribution >= 0.6 is 11.6 Å². The number of rotatable bonds is 4. The zero-order valence-corrected chi connectivity index (χ0v) is 10.4. The normalized spacial score (nSPS) is 10.1. The van der Waals surface area contributed by atoms with Crippen LogP contribution in [0.15, 0.2) is 30.6 Å². The third kappa shape index (κ3) is 2.98. The van der Waals surface area contributed by atoms with Gasteiger partial charge in [0.1, 0.15) is 0 Å². The van der Waals surface area contributed by atoms with Crippen molar-refractivity contribution in [3.05, 3.63) is 51.4 Å². The molecule has 0 unspecified atom stereocenters. The maximum Gasteiger partial charge on any atom is 0.356 e. The molecule has 9 heteroatoms. The predicted octanol–water partition coefficient (Wildman–Crippen LogP) is 2.53. The van der Waals surface area contributed by atoms with Crippen molar-refractivity contribution in [3.8, 4) is 11.6 Å². The van der Waals surface area contributed by atoms with Gasteiger partial charge in [-0.25, -0.2) is 14.8 Å². The largest absolute Gasteiger partial charge is 0.476 e. The standard InChI is InChI=1S/C11H6ClN3O5/c12-6-1-2-9(8(3-6)15(18)19)20-10-5-13-7(4-14-10)11(16)17/h1-5H,(H,16,17). The highest BCUT2D eigenvalue weighted by Gasteiger charge is 2.17. The van der Waals surface area contributed by atoms with Gasteiger partial charge in [-0.05, 0) is 12.1 Å². The van der Waals surface area contributed by atoms with Crippen LogP contribution in [-0.4, -0.2) is 26.0 Å². The molecule has 0 radical (unpaired) electrons. The number of nitro benzene ring substituents is 1. The molecule has 1 N–H and O–H groups in total. The molecule has 0 bridgehead atoms. The molecule has 0 aliphatic heterocycles. The van der Waals surface area contributed by atoms with E-state index >= 15 is 0 Å². The van der Waals surface area contributed by atoms with Crippen molar-refractivity contribution in [2.45, 2.75) is 0 Å². The Morgan fingerprint density at radius 1 is 1.35 bits per heavy atom. The summed E-state index contributed by atoms with van der Waals surface area (Å²) in [4.78, 5) is 28.1. The molecule has 0 atom stereocenters. The molecule has 0 aliphatic rings. The average Bonchev–Trinajstić information content (AvgIpc) is 2.41. The van der Waals surface area contributed by atoms with Gasteiger partial charge in [-0.1, -0.05) is 11.6 Å². The second kappa shape index (κ2) is 5.49. The highest BCUT2D eigenvalue weighted by molar-refractivity contribution is 6.30. The number of carbonyl (C=O) groups is 1. The van der Waals surface area contributed by atoms with Gasteiger partial charge in [0.05, 0.1) is 17.3 Å². The van der Waals surface area contributed by atoms with Crippen molar-refractivity contribution >= 4 is 23.3 Å². The number of hydrogen-bond donors (Lipinski definition) is 1. The third-order valence-corrected chi connectivity index (χ3v) is 2.41. The van der Waals surface area contributed by atoms with Crippen molar-refractivity contribution in [1.29, 1.82) is 0 Å². The summed E-state index contributed by atoms with van der Waals surface area (Å²) in [5.74, 6) is -1.38. The van der Waals surface area contributed by atoms with Crippen LogP contribution in [0.3, 0.4) is 0 Å². The van der Waals surface area contributed by atoms with Gasteiger partial charge >= 0.3 is 11.7 Å².